The minimum Gasteiger partial charge on any atom is -0.508 e. The van der Waals surface area contributed by atoms with Crippen LogP contribution in [0.15, 0.2) is 82.6 Å². The van der Waals surface area contributed by atoms with E-state index in [1.807, 2.05) is 0 Å². The SMILES string of the molecule is O=C(COc1cccc([C@@H]2c3sc(=O)[nH]c3S[C@H]3C(=O)N(c4ccc([N+](=O)[O-])cc4)C(=O)[C@@H]23)c1)Nc1ccc(O)cc1. The fourth-order valence-electron chi connectivity index (χ4n) is 5.04. The molecule has 3 aromatic carbocycles. The van der Waals surface area contributed by atoms with Crippen LogP contribution in [0.1, 0.15) is 16.4 Å². The maximum Gasteiger partial charge on any atom is 0.305 e. The molecule has 4 aromatic rings. The maximum absolute atomic E-state index is 13.8. The predicted octanol–water partition coefficient (Wildman–Crippen LogP) is 3.86. The molecule has 0 aliphatic carbocycles. The Morgan fingerprint density at radius 2 is 1.79 bits per heavy atom. The second kappa shape index (κ2) is 10.8. The monoisotopic (exact) mass is 604 g/mol. The second-order valence-corrected chi connectivity index (χ2v) is 11.7. The van der Waals surface area contributed by atoms with Gasteiger partial charge in [0.05, 0.1) is 21.6 Å². The van der Waals surface area contributed by atoms with Crippen molar-refractivity contribution in [2.75, 3.05) is 16.8 Å². The summed E-state index contributed by atoms with van der Waals surface area (Å²) in [4.78, 5) is 66.8. The van der Waals surface area contributed by atoms with E-state index >= 15 is 0 Å². The van der Waals surface area contributed by atoms with Crippen LogP contribution < -0.4 is 19.8 Å². The summed E-state index contributed by atoms with van der Waals surface area (Å²) >= 11 is 2.08. The molecule has 12 nitrogen and oxygen atoms in total. The van der Waals surface area contributed by atoms with Crippen molar-refractivity contribution in [2.24, 2.45) is 5.92 Å². The number of aromatic hydroxyl groups is 1. The van der Waals surface area contributed by atoms with Crippen LogP contribution in [0.4, 0.5) is 17.1 Å². The van der Waals surface area contributed by atoms with Crippen LogP contribution in [0, 0.1) is 16.0 Å². The molecule has 42 heavy (non-hydrogen) atoms. The van der Waals surface area contributed by atoms with Gasteiger partial charge in [-0.2, -0.15) is 0 Å². The Hall–Kier alpha value is -4.95. The lowest BCUT2D eigenvalue weighted by Crippen LogP contribution is -2.32. The van der Waals surface area contributed by atoms with Crippen molar-refractivity contribution in [1.29, 1.82) is 0 Å². The summed E-state index contributed by atoms with van der Waals surface area (Å²) in [5, 5.41) is 22.8. The van der Waals surface area contributed by atoms with Gasteiger partial charge >= 0.3 is 4.87 Å². The summed E-state index contributed by atoms with van der Waals surface area (Å²) in [7, 11) is 0. The number of benzene rings is 3. The van der Waals surface area contributed by atoms with E-state index in [9.17, 15) is 34.4 Å². The summed E-state index contributed by atoms with van der Waals surface area (Å²) in [6, 6.07) is 17.9. The molecule has 1 aromatic heterocycles. The number of nitrogens with zero attached hydrogens (tertiary/aromatic N) is 2. The number of carbonyl (C=O) groups excluding carboxylic acids is 3. The molecule has 3 amide bonds. The Kier molecular flexibility index (Phi) is 7.00. The summed E-state index contributed by atoms with van der Waals surface area (Å²) < 4.78 is 5.72. The number of nitro groups is 1. The van der Waals surface area contributed by atoms with Gasteiger partial charge in [0.2, 0.25) is 11.8 Å². The van der Waals surface area contributed by atoms with Gasteiger partial charge in [-0.3, -0.25) is 29.3 Å². The molecule has 3 N–H and O–H groups in total. The van der Waals surface area contributed by atoms with Crippen LogP contribution >= 0.6 is 23.1 Å². The number of rotatable bonds is 7. The van der Waals surface area contributed by atoms with Crippen LogP contribution in [-0.2, 0) is 14.4 Å². The molecule has 0 radical (unpaired) electrons. The number of phenolic OH excluding ortho intramolecular Hbond substituents is 1. The summed E-state index contributed by atoms with van der Waals surface area (Å²) in [5.74, 6) is -2.50. The van der Waals surface area contributed by atoms with Crippen molar-refractivity contribution < 1.29 is 29.2 Å². The van der Waals surface area contributed by atoms with Gasteiger partial charge in [-0.1, -0.05) is 35.2 Å². The van der Waals surface area contributed by atoms with Crippen molar-refractivity contribution >= 4 is 57.9 Å². The summed E-state index contributed by atoms with van der Waals surface area (Å²) in [6.45, 7) is -0.315. The fraction of sp³-hybridized carbons (Fsp3) is 0.143. The summed E-state index contributed by atoms with van der Waals surface area (Å²) in [6.07, 6.45) is 0. The molecule has 6 rings (SSSR count). The van der Waals surface area contributed by atoms with Crippen molar-refractivity contribution in [3.05, 3.63) is 103 Å². The topological polar surface area (TPSA) is 172 Å². The number of ether oxygens (including phenoxy) is 1. The lowest BCUT2D eigenvalue weighted by Gasteiger charge is -2.30. The van der Waals surface area contributed by atoms with Gasteiger partial charge in [0.1, 0.15) is 16.7 Å². The number of aromatic amines is 1. The lowest BCUT2D eigenvalue weighted by molar-refractivity contribution is -0.384. The number of anilines is 2. The van der Waals surface area contributed by atoms with Crippen LogP contribution in [-0.4, -0.2) is 44.6 Å². The zero-order chi connectivity index (χ0) is 29.5. The molecule has 212 valence electrons. The van der Waals surface area contributed by atoms with Crippen molar-refractivity contribution in [3.63, 3.8) is 0 Å². The average molecular weight is 605 g/mol. The minimum atomic E-state index is -0.857. The Labute approximate surface area is 245 Å². The number of nitro benzene ring substituents is 1. The first kappa shape index (κ1) is 27.2. The molecule has 3 atom stereocenters. The first-order valence-electron chi connectivity index (χ1n) is 12.5. The molecule has 0 saturated carbocycles. The highest BCUT2D eigenvalue weighted by Crippen LogP contribution is 2.53. The smallest absolute Gasteiger partial charge is 0.305 e. The van der Waals surface area contributed by atoms with Crippen LogP contribution in [0.5, 0.6) is 11.5 Å². The van der Waals surface area contributed by atoms with Gasteiger partial charge in [-0.25, -0.2) is 4.90 Å². The average Bonchev–Trinajstić information content (AvgIpc) is 3.47. The van der Waals surface area contributed by atoms with E-state index in [0.29, 0.717) is 26.9 Å². The first-order valence-corrected chi connectivity index (χ1v) is 14.2. The number of thioether (sulfide) groups is 1. The van der Waals surface area contributed by atoms with Crippen LogP contribution in [0.3, 0.4) is 0 Å². The minimum absolute atomic E-state index is 0.0679. The largest absolute Gasteiger partial charge is 0.508 e. The number of amides is 3. The highest BCUT2D eigenvalue weighted by atomic mass is 32.2. The fourth-order valence-corrected chi connectivity index (χ4v) is 7.56. The van der Waals surface area contributed by atoms with Gasteiger partial charge in [-0.05, 0) is 54.1 Å². The van der Waals surface area contributed by atoms with E-state index in [1.165, 1.54) is 36.4 Å². The van der Waals surface area contributed by atoms with Crippen LogP contribution in [0.2, 0.25) is 0 Å². The van der Waals surface area contributed by atoms with E-state index in [2.05, 4.69) is 10.3 Å². The Bertz CT molecular complexity index is 1780. The maximum atomic E-state index is 13.8. The molecule has 0 unspecified atom stereocenters. The Morgan fingerprint density at radius 1 is 1.05 bits per heavy atom. The molecule has 0 spiro atoms. The van der Waals surface area contributed by atoms with Crippen molar-refractivity contribution in [2.45, 2.75) is 16.2 Å². The third-order valence-electron chi connectivity index (χ3n) is 6.88. The molecule has 0 bridgehead atoms. The number of hydrogen-bond acceptors (Lipinski definition) is 10. The molecule has 3 heterocycles. The van der Waals surface area contributed by atoms with Gasteiger partial charge in [0, 0.05) is 28.6 Å². The zero-order valence-electron chi connectivity index (χ0n) is 21.4. The number of phenols is 1. The van der Waals surface area contributed by atoms with E-state index in [0.717, 1.165) is 28.0 Å². The number of H-pyrrole nitrogens is 1. The van der Waals surface area contributed by atoms with E-state index in [1.54, 1.807) is 36.4 Å². The van der Waals surface area contributed by atoms with Gasteiger partial charge < -0.3 is 20.1 Å². The van der Waals surface area contributed by atoms with Crippen molar-refractivity contribution in [1.82, 2.24) is 4.98 Å². The molecular weight excluding hydrogens is 584 g/mol. The van der Waals surface area contributed by atoms with Crippen LogP contribution in [0.25, 0.3) is 0 Å². The second-order valence-electron chi connectivity index (χ2n) is 9.49. The van der Waals surface area contributed by atoms with Gasteiger partial charge in [0.25, 0.3) is 11.6 Å². The Balaban J connectivity index is 1.28. The number of imide groups is 1. The number of aromatic nitrogens is 1. The van der Waals surface area contributed by atoms with Crippen molar-refractivity contribution in [3.8, 4) is 11.5 Å². The molecule has 2 aliphatic rings. The number of carbonyl (C=O) groups is 3. The van der Waals surface area contributed by atoms with E-state index in [-0.39, 0.29) is 28.6 Å². The molecular formula is C28H20N4O8S2. The highest BCUT2D eigenvalue weighted by Gasteiger charge is 2.56. The quantitative estimate of drug-likeness (QED) is 0.123. The number of fused-ring (bicyclic) bond motifs is 2. The highest BCUT2D eigenvalue weighted by molar-refractivity contribution is 8.00. The predicted molar refractivity (Wildman–Crippen MR) is 154 cm³/mol. The number of hydrogen-bond donors (Lipinski definition) is 3. The zero-order valence-corrected chi connectivity index (χ0v) is 23.0. The third-order valence-corrected chi connectivity index (χ3v) is 9.28. The van der Waals surface area contributed by atoms with E-state index < -0.39 is 39.7 Å². The van der Waals surface area contributed by atoms with E-state index in [4.69, 9.17) is 4.74 Å². The van der Waals surface area contributed by atoms with Gasteiger partial charge in [0.15, 0.2) is 6.61 Å². The number of nitrogens with one attached hydrogen (secondary N) is 2. The number of thiazole rings is 1. The first-order chi connectivity index (χ1) is 20.2. The third kappa shape index (κ3) is 5.01. The standard InChI is InChI=1S/C28H20N4O8S2/c33-18-10-4-15(5-11-18)29-20(34)13-40-19-3-1-2-14(12-19)21-22-24(41-25-23(21)42-28(37)30-25)27(36)31(26(22)35)16-6-8-17(9-7-16)32(38)39/h1-12,21-22,24,33H,13H2,(H,29,34)(H,30,37)/t21-,22-,24+/m0/s1. The Morgan fingerprint density at radius 3 is 2.50 bits per heavy atom. The molecule has 14 heteroatoms. The lowest BCUT2D eigenvalue weighted by atomic mass is 9.83. The molecule has 2 aliphatic heterocycles. The van der Waals surface area contributed by atoms with Gasteiger partial charge in [-0.15, -0.1) is 0 Å². The normalized spacial score (nSPS) is 19.2. The molecule has 1 fully saturated rings. The molecule has 1 saturated heterocycles. The summed E-state index contributed by atoms with van der Waals surface area (Å²) in [5.41, 5.74) is 1.15. The number of non-ortho nitro benzene ring substituents is 1.